The normalized spacial score (nSPS) is 12.5. The van der Waals surface area contributed by atoms with Crippen molar-refractivity contribution in [1.29, 1.82) is 0 Å². The first kappa shape index (κ1) is 13.0. The van der Waals surface area contributed by atoms with Crippen molar-refractivity contribution in [3.63, 3.8) is 0 Å². The van der Waals surface area contributed by atoms with E-state index in [2.05, 4.69) is 51.2 Å². The van der Waals surface area contributed by atoms with E-state index in [0.29, 0.717) is 6.04 Å². The molecule has 1 rings (SSSR count). The Morgan fingerprint density at radius 2 is 1.81 bits per heavy atom. The SMILES string of the molecule is CCC(C)NCCOc1cc(C)cc(C)c1. The van der Waals surface area contributed by atoms with Crippen molar-refractivity contribution in [1.82, 2.24) is 5.32 Å². The predicted molar refractivity (Wildman–Crippen MR) is 69.2 cm³/mol. The first-order valence-electron chi connectivity index (χ1n) is 6.06. The van der Waals surface area contributed by atoms with Gasteiger partial charge in [-0.15, -0.1) is 0 Å². The van der Waals surface area contributed by atoms with E-state index in [-0.39, 0.29) is 0 Å². The summed E-state index contributed by atoms with van der Waals surface area (Å²) >= 11 is 0. The monoisotopic (exact) mass is 221 g/mol. The van der Waals surface area contributed by atoms with Crippen LogP contribution in [-0.4, -0.2) is 19.2 Å². The minimum absolute atomic E-state index is 0.572. The first-order valence-corrected chi connectivity index (χ1v) is 6.06. The zero-order chi connectivity index (χ0) is 12.0. The lowest BCUT2D eigenvalue weighted by Crippen LogP contribution is -2.29. The Bertz CT molecular complexity index is 302. The molecule has 90 valence electrons. The van der Waals surface area contributed by atoms with Gasteiger partial charge in [0.1, 0.15) is 12.4 Å². The van der Waals surface area contributed by atoms with Crippen molar-refractivity contribution >= 4 is 0 Å². The molecule has 0 aromatic heterocycles. The highest BCUT2D eigenvalue weighted by molar-refractivity contribution is 5.32. The van der Waals surface area contributed by atoms with Crippen LogP contribution in [0.1, 0.15) is 31.4 Å². The van der Waals surface area contributed by atoms with E-state index in [9.17, 15) is 0 Å². The van der Waals surface area contributed by atoms with Crippen molar-refractivity contribution in [3.8, 4) is 5.75 Å². The highest BCUT2D eigenvalue weighted by atomic mass is 16.5. The highest BCUT2D eigenvalue weighted by Gasteiger charge is 1.98. The molecular weight excluding hydrogens is 198 g/mol. The highest BCUT2D eigenvalue weighted by Crippen LogP contribution is 2.15. The lowest BCUT2D eigenvalue weighted by Gasteiger charge is -2.12. The van der Waals surface area contributed by atoms with Gasteiger partial charge < -0.3 is 10.1 Å². The lowest BCUT2D eigenvalue weighted by molar-refractivity contribution is 0.306. The first-order chi connectivity index (χ1) is 7.61. The minimum atomic E-state index is 0.572. The summed E-state index contributed by atoms with van der Waals surface area (Å²) in [5, 5.41) is 3.41. The molecule has 1 aromatic rings. The number of nitrogens with one attached hydrogen (secondary N) is 1. The van der Waals surface area contributed by atoms with Crippen molar-refractivity contribution in [2.45, 2.75) is 40.2 Å². The van der Waals surface area contributed by atoms with Gasteiger partial charge in [-0.1, -0.05) is 13.0 Å². The number of benzene rings is 1. The predicted octanol–water partition coefficient (Wildman–Crippen LogP) is 3.07. The molecule has 0 aliphatic heterocycles. The minimum Gasteiger partial charge on any atom is -0.492 e. The van der Waals surface area contributed by atoms with E-state index in [4.69, 9.17) is 4.74 Å². The summed E-state index contributed by atoms with van der Waals surface area (Å²) in [7, 11) is 0. The Labute approximate surface area is 99.0 Å². The van der Waals surface area contributed by atoms with Crippen molar-refractivity contribution in [2.24, 2.45) is 0 Å². The maximum atomic E-state index is 5.70. The maximum absolute atomic E-state index is 5.70. The standard InChI is InChI=1S/C14H23NO/c1-5-13(4)15-6-7-16-14-9-11(2)8-12(3)10-14/h8-10,13,15H,5-7H2,1-4H3. The van der Waals surface area contributed by atoms with Crippen LogP contribution < -0.4 is 10.1 Å². The summed E-state index contributed by atoms with van der Waals surface area (Å²) < 4.78 is 5.70. The second-order valence-corrected chi connectivity index (χ2v) is 4.44. The molecule has 1 unspecified atom stereocenters. The Kier molecular flexibility index (Phi) is 5.33. The molecule has 0 aliphatic rings. The number of rotatable bonds is 6. The Morgan fingerprint density at radius 3 is 2.38 bits per heavy atom. The van der Waals surface area contributed by atoms with Gasteiger partial charge in [0.25, 0.3) is 0 Å². The van der Waals surface area contributed by atoms with Gasteiger partial charge in [0.15, 0.2) is 0 Å². The van der Waals surface area contributed by atoms with E-state index < -0.39 is 0 Å². The van der Waals surface area contributed by atoms with Crippen LogP contribution in [0.2, 0.25) is 0 Å². The lowest BCUT2D eigenvalue weighted by atomic mass is 10.1. The van der Waals surface area contributed by atoms with Gasteiger partial charge in [-0.05, 0) is 50.5 Å². The second-order valence-electron chi connectivity index (χ2n) is 4.44. The molecule has 0 aliphatic carbocycles. The topological polar surface area (TPSA) is 21.3 Å². The molecule has 2 heteroatoms. The molecule has 0 heterocycles. The van der Waals surface area contributed by atoms with E-state index in [1.54, 1.807) is 0 Å². The fraction of sp³-hybridized carbons (Fsp3) is 0.571. The largest absolute Gasteiger partial charge is 0.492 e. The van der Waals surface area contributed by atoms with E-state index >= 15 is 0 Å². The zero-order valence-electron chi connectivity index (χ0n) is 10.8. The maximum Gasteiger partial charge on any atom is 0.119 e. The van der Waals surface area contributed by atoms with Gasteiger partial charge in [0.2, 0.25) is 0 Å². The van der Waals surface area contributed by atoms with Gasteiger partial charge in [-0.2, -0.15) is 0 Å². The number of ether oxygens (including phenoxy) is 1. The molecule has 0 saturated carbocycles. The average molecular weight is 221 g/mol. The summed E-state index contributed by atoms with van der Waals surface area (Å²) in [5.41, 5.74) is 2.51. The van der Waals surface area contributed by atoms with Crippen LogP contribution in [0.15, 0.2) is 18.2 Å². The molecule has 2 nitrogen and oxygen atoms in total. The number of hydrogen-bond acceptors (Lipinski definition) is 2. The van der Waals surface area contributed by atoms with E-state index in [1.807, 2.05) is 0 Å². The summed E-state index contributed by atoms with van der Waals surface area (Å²) in [5.74, 6) is 0.975. The summed E-state index contributed by atoms with van der Waals surface area (Å²) in [6.45, 7) is 10.2. The Morgan fingerprint density at radius 1 is 1.19 bits per heavy atom. The third-order valence-electron chi connectivity index (χ3n) is 2.67. The van der Waals surface area contributed by atoms with Crippen LogP contribution >= 0.6 is 0 Å². The molecule has 1 aromatic carbocycles. The van der Waals surface area contributed by atoms with Crippen LogP contribution in [0.25, 0.3) is 0 Å². The molecule has 0 fully saturated rings. The van der Waals surface area contributed by atoms with Crippen LogP contribution in [-0.2, 0) is 0 Å². The molecule has 16 heavy (non-hydrogen) atoms. The van der Waals surface area contributed by atoms with Gasteiger partial charge >= 0.3 is 0 Å². The Balaban J connectivity index is 2.32. The van der Waals surface area contributed by atoms with E-state index in [0.717, 1.165) is 25.3 Å². The third kappa shape index (κ3) is 4.67. The third-order valence-corrected chi connectivity index (χ3v) is 2.67. The van der Waals surface area contributed by atoms with Crippen molar-refractivity contribution in [2.75, 3.05) is 13.2 Å². The van der Waals surface area contributed by atoms with Crippen LogP contribution in [0.4, 0.5) is 0 Å². The molecule has 0 amide bonds. The molecule has 0 saturated heterocycles. The van der Waals surface area contributed by atoms with Crippen LogP contribution in [0, 0.1) is 13.8 Å². The second kappa shape index (κ2) is 6.54. The fourth-order valence-corrected chi connectivity index (χ4v) is 1.63. The van der Waals surface area contributed by atoms with Crippen LogP contribution in [0.5, 0.6) is 5.75 Å². The molecule has 1 atom stereocenters. The Hall–Kier alpha value is -1.02. The molecule has 0 bridgehead atoms. The van der Waals surface area contributed by atoms with Crippen LogP contribution in [0.3, 0.4) is 0 Å². The summed E-state index contributed by atoms with van der Waals surface area (Å²) in [6.07, 6.45) is 1.16. The zero-order valence-corrected chi connectivity index (χ0v) is 10.8. The van der Waals surface area contributed by atoms with Gasteiger partial charge in [-0.3, -0.25) is 0 Å². The van der Waals surface area contributed by atoms with Gasteiger partial charge in [0.05, 0.1) is 0 Å². The molecule has 1 N–H and O–H groups in total. The number of aryl methyl sites for hydroxylation is 2. The van der Waals surface area contributed by atoms with E-state index in [1.165, 1.54) is 11.1 Å². The van der Waals surface area contributed by atoms with Crippen molar-refractivity contribution < 1.29 is 4.74 Å². The summed E-state index contributed by atoms with van der Waals surface area (Å²) in [6, 6.07) is 6.89. The number of hydrogen-bond donors (Lipinski definition) is 1. The molecule has 0 radical (unpaired) electrons. The van der Waals surface area contributed by atoms with Gasteiger partial charge in [-0.25, -0.2) is 0 Å². The summed E-state index contributed by atoms with van der Waals surface area (Å²) in [4.78, 5) is 0. The smallest absolute Gasteiger partial charge is 0.119 e. The fourth-order valence-electron chi connectivity index (χ4n) is 1.63. The van der Waals surface area contributed by atoms with Gasteiger partial charge in [0, 0.05) is 12.6 Å². The molecular formula is C14H23NO. The van der Waals surface area contributed by atoms with Crippen molar-refractivity contribution in [3.05, 3.63) is 29.3 Å². The molecule has 0 spiro atoms. The average Bonchev–Trinajstić information content (AvgIpc) is 2.22. The quantitative estimate of drug-likeness (QED) is 0.745.